The molecule has 2 rings (SSSR count). The van der Waals surface area contributed by atoms with Crippen LogP contribution in [0.5, 0.6) is 0 Å². The van der Waals surface area contributed by atoms with Crippen LogP contribution in [0.2, 0.25) is 0 Å². The van der Waals surface area contributed by atoms with Gasteiger partial charge in [-0.3, -0.25) is 4.79 Å². The Labute approximate surface area is 112 Å². The number of benzene rings is 1. The normalized spacial score (nSPS) is 16.1. The summed E-state index contributed by atoms with van der Waals surface area (Å²) in [5.74, 6) is 0.157. The molecular weight excluding hydrogens is 240 g/mol. The van der Waals surface area contributed by atoms with Gasteiger partial charge in [-0.2, -0.15) is 5.26 Å². The van der Waals surface area contributed by atoms with Gasteiger partial charge in [0.25, 0.3) is 0 Å². The van der Waals surface area contributed by atoms with Crippen LogP contribution in [0.25, 0.3) is 0 Å². The van der Waals surface area contributed by atoms with Gasteiger partial charge in [-0.15, -0.1) is 0 Å². The summed E-state index contributed by atoms with van der Waals surface area (Å²) in [6.07, 6.45) is 2.36. The maximum atomic E-state index is 10.9. The molecule has 19 heavy (non-hydrogen) atoms. The maximum absolute atomic E-state index is 10.9. The second kappa shape index (κ2) is 5.61. The van der Waals surface area contributed by atoms with Crippen molar-refractivity contribution in [3.63, 3.8) is 0 Å². The molecule has 0 bridgehead atoms. The van der Waals surface area contributed by atoms with Gasteiger partial charge < -0.3 is 16.4 Å². The lowest BCUT2D eigenvalue weighted by atomic mass is 9.93. The largest absolute Gasteiger partial charge is 0.397 e. The second-order valence-corrected chi connectivity index (χ2v) is 4.99. The van der Waals surface area contributed by atoms with E-state index in [1.807, 2.05) is 6.07 Å². The Morgan fingerprint density at radius 2 is 2.11 bits per heavy atom. The van der Waals surface area contributed by atoms with E-state index in [2.05, 4.69) is 11.0 Å². The van der Waals surface area contributed by atoms with E-state index in [9.17, 15) is 4.79 Å². The summed E-state index contributed by atoms with van der Waals surface area (Å²) >= 11 is 0. The van der Waals surface area contributed by atoms with E-state index in [1.54, 1.807) is 12.1 Å². The van der Waals surface area contributed by atoms with Crippen molar-refractivity contribution in [1.82, 2.24) is 0 Å². The highest BCUT2D eigenvalue weighted by Gasteiger charge is 2.21. The summed E-state index contributed by atoms with van der Waals surface area (Å²) in [4.78, 5) is 13.1. The molecule has 0 aromatic heterocycles. The molecule has 0 radical (unpaired) electrons. The Bertz CT molecular complexity index is 513. The Morgan fingerprint density at radius 1 is 1.42 bits per heavy atom. The molecule has 0 aliphatic carbocycles. The predicted molar refractivity (Wildman–Crippen MR) is 74.3 cm³/mol. The molecule has 5 nitrogen and oxygen atoms in total. The number of amides is 1. The van der Waals surface area contributed by atoms with Crippen molar-refractivity contribution in [2.45, 2.75) is 19.3 Å². The molecule has 1 fully saturated rings. The standard InChI is InChI=1S/C14H18N4O/c15-9-11-1-2-13(12(16)7-11)18-5-3-10(4-6-18)8-14(17)19/h1-2,7,10H,3-6,8,16H2,(H2,17,19). The van der Waals surface area contributed by atoms with Gasteiger partial charge in [0.1, 0.15) is 0 Å². The molecule has 1 aromatic rings. The van der Waals surface area contributed by atoms with Gasteiger partial charge in [-0.1, -0.05) is 0 Å². The monoisotopic (exact) mass is 258 g/mol. The molecular formula is C14H18N4O. The molecule has 1 saturated heterocycles. The summed E-state index contributed by atoms with van der Waals surface area (Å²) in [7, 11) is 0. The number of carbonyl (C=O) groups excluding carboxylic acids is 1. The van der Waals surface area contributed by atoms with Gasteiger partial charge in [0, 0.05) is 19.5 Å². The van der Waals surface area contributed by atoms with Crippen LogP contribution in [-0.4, -0.2) is 19.0 Å². The topological polar surface area (TPSA) is 96.1 Å². The molecule has 1 aromatic carbocycles. The molecule has 1 aliphatic rings. The first kappa shape index (κ1) is 13.2. The number of primary amides is 1. The minimum Gasteiger partial charge on any atom is -0.397 e. The van der Waals surface area contributed by atoms with Gasteiger partial charge in [-0.25, -0.2) is 0 Å². The van der Waals surface area contributed by atoms with Crippen molar-refractivity contribution in [3.05, 3.63) is 23.8 Å². The fraction of sp³-hybridized carbons (Fsp3) is 0.429. The lowest BCUT2D eigenvalue weighted by molar-refractivity contribution is -0.119. The zero-order valence-electron chi connectivity index (χ0n) is 10.8. The summed E-state index contributed by atoms with van der Waals surface area (Å²) in [6, 6.07) is 7.45. The number of nitrogens with two attached hydrogens (primary N) is 2. The highest BCUT2D eigenvalue weighted by atomic mass is 16.1. The van der Waals surface area contributed by atoms with Crippen molar-refractivity contribution in [1.29, 1.82) is 5.26 Å². The number of nitrogens with zero attached hydrogens (tertiary/aromatic N) is 2. The third kappa shape index (κ3) is 3.16. The first-order chi connectivity index (χ1) is 9.10. The molecule has 0 unspecified atom stereocenters. The molecule has 1 amide bonds. The van der Waals surface area contributed by atoms with Gasteiger partial charge in [0.05, 0.1) is 23.0 Å². The SMILES string of the molecule is N#Cc1ccc(N2CCC(CC(N)=O)CC2)c(N)c1. The fourth-order valence-electron chi connectivity index (χ4n) is 2.57. The van der Waals surface area contributed by atoms with Crippen molar-refractivity contribution in [2.75, 3.05) is 23.7 Å². The number of hydrogen-bond donors (Lipinski definition) is 2. The van der Waals surface area contributed by atoms with Crippen molar-refractivity contribution in [3.8, 4) is 6.07 Å². The van der Waals surface area contributed by atoms with E-state index in [4.69, 9.17) is 16.7 Å². The quantitative estimate of drug-likeness (QED) is 0.797. The molecule has 0 spiro atoms. The summed E-state index contributed by atoms with van der Waals surface area (Å²) in [5.41, 5.74) is 13.4. The van der Waals surface area contributed by atoms with Crippen LogP contribution in [0.1, 0.15) is 24.8 Å². The number of nitrogen functional groups attached to an aromatic ring is 1. The lowest BCUT2D eigenvalue weighted by Gasteiger charge is -2.33. The summed E-state index contributed by atoms with van der Waals surface area (Å²) in [5, 5.41) is 8.82. The summed E-state index contributed by atoms with van der Waals surface area (Å²) in [6.45, 7) is 1.74. The Morgan fingerprint density at radius 3 is 2.63 bits per heavy atom. The Balaban J connectivity index is 2.02. The van der Waals surface area contributed by atoms with Gasteiger partial charge in [-0.05, 0) is 37.0 Å². The fourth-order valence-corrected chi connectivity index (χ4v) is 2.57. The maximum Gasteiger partial charge on any atom is 0.217 e. The Kier molecular flexibility index (Phi) is 3.91. The zero-order chi connectivity index (χ0) is 13.8. The number of hydrogen-bond acceptors (Lipinski definition) is 4. The molecule has 5 heteroatoms. The molecule has 0 atom stereocenters. The van der Waals surface area contributed by atoms with Crippen molar-refractivity contribution < 1.29 is 4.79 Å². The van der Waals surface area contributed by atoms with E-state index in [1.165, 1.54) is 0 Å². The lowest BCUT2D eigenvalue weighted by Crippen LogP contribution is -2.35. The smallest absolute Gasteiger partial charge is 0.217 e. The van der Waals surface area contributed by atoms with Gasteiger partial charge in [0.15, 0.2) is 0 Å². The van der Waals surface area contributed by atoms with Crippen LogP contribution in [0, 0.1) is 17.2 Å². The van der Waals surface area contributed by atoms with Crippen molar-refractivity contribution >= 4 is 17.3 Å². The third-order valence-electron chi connectivity index (χ3n) is 3.60. The molecule has 4 N–H and O–H groups in total. The highest BCUT2D eigenvalue weighted by molar-refractivity contribution is 5.74. The number of nitriles is 1. The van der Waals surface area contributed by atoms with E-state index < -0.39 is 0 Å². The van der Waals surface area contributed by atoms with Crippen LogP contribution in [0.4, 0.5) is 11.4 Å². The average Bonchev–Trinajstić information content (AvgIpc) is 2.39. The molecule has 1 heterocycles. The number of rotatable bonds is 3. The van der Waals surface area contributed by atoms with E-state index in [0.29, 0.717) is 23.6 Å². The van der Waals surface area contributed by atoms with Crippen molar-refractivity contribution in [2.24, 2.45) is 11.7 Å². The van der Waals surface area contributed by atoms with Crippen LogP contribution >= 0.6 is 0 Å². The van der Waals surface area contributed by atoms with Crippen LogP contribution in [-0.2, 0) is 4.79 Å². The Hall–Kier alpha value is -2.22. The van der Waals surface area contributed by atoms with E-state index in [0.717, 1.165) is 31.6 Å². The summed E-state index contributed by atoms with van der Waals surface area (Å²) < 4.78 is 0. The van der Waals surface area contributed by atoms with Gasteiger partial charge >= 0.3 is 0 Å². The number of carbonyl (C=O) groups is 1. The number of piperidine rings is 1. The average molecular weight is 258 g/mol. The van der Waals surface area contributed by atoms with E-state index in [-0.39, 0.29) is 5.91 Å². The predicted octanol–water partition coefficient (Wildman–Crippen LogP) is 1.23. The van der Waals surface area contributed by atoms with Crippen LogP contribution < -0.4 is 16.4 Å². The van der Waals surface area contributed by atoms with E-state index >= 15 is 0 Å². The molecule has 100 valence electrons. The third-order valence-corrected chi connectivity index (χ3v) is 3.60. The molecule has 1 aliphatic heterocycles. The molecule has 0 saturated carbocycles. The first-order valence-electron chi connectivity index (χ1n) is 6.43. The van der Waals surface area contributed by atoms with Gasteiger partial charge in [0.2, 0.25) is 5.91 Å². The second-order valence-electron chi connectivity index (χ2n) is 4.99. The highest BCUT2D eigenvalue weighted by Crippen LogP contribution is 2.29. The number of anilines is 2. The minimum atomic E-state index is -0.226. The minimum absolute atomic E-state index is 0.226. The van der Waals surface area contributed by atoms with Crippen LogP contribution in [0.15, 0.2) is 18.2 Å². The zero-order valence-corrected chi connectivity index (χ0v) is 10.8. The first-order valence-corrected chi connectivity index (χ1v) is 6.43. The van der Waals surface area contributed by atoms with Crippen LogP contribution in [0.3, 0.4) is 0 Å².